The van der Waals surface area contributed by atoms with Crippen LogP contribution in [0.4, 0.5) is 0 Å². The van der Waals surface area contributed by atoms with E-state index in [1.165, 1.54) is 12.8 Å². The molecule has 0 unspecified atom stereocenters. The largest absolute Gasteiger partial charge is 0.273 e. The van der Waals surface area contributed by atoms with Gasteiger partial charge in [0.2, 0.25) is 11.8 Å². The third kappa shape index (κ3) is 19.6. The number of carbonyl (C=O) groups is 2. The molecule has 0 atom stereocenters. The van der Waals surface area contributed by atoms with Crippen LogP contribution in [0.5, 0.6) is 0 Å². The Morgan fingerprint density at radius 3 is 1.20 bits per heavy atom. The maximum Gasteiger partial charge on any atom is 0.240 e. The average molecular weight is 423 g/mol. The molecule has 0 aliphatic heterocycles. The fraction of sp³-hybridized carbons (Fsp3) is 0.833. The van der Waals surface area contributed by atoms with Crippen LogP contribution in [-0.4, -0.2) is 23.2 Å². The summed E-state index contributed by atoms with van der Waals surface area (Å²) in [5, 5.41) is 8.29. The Labute approximate surface area is 184 Å². The van der Waals surface area contributed by atoms with Crippen LogP contribution >= 0.6 is 0 Å². The van der Waals surface area contributed by atoms with E-state index in [1.807, 2.05) is 13.8 Å². The molecule has 2 amide bonds. The monoisotopic (exact) mass is 422 g/mol. The number of rotatable bonds is 17. The van der Waals surface area contributed by atoms with Gasteiger partial charge in [0.05, 0.1) is 0 Å². The van der Waals surface area contributed by atoms with E-state index in [1.54, 1.807) is 0 Å². The molecule has 174 valence electrons. The van der Waals surface area contributed by atoms with Crippen LogP contribution in [0.15, 0.2) is 10.2 Å². The highest BCUT2D eigenvalue weighted by Gasteiger charge is 2.03. The van der Waals surface area contributed by atoms with Crippen LogP contribution in [0.25, 0.3) is 0 Å². The molecule has 2 N–H and O–H groups in total. The molecule has 0 heterocycles. The standard InChI is InChI=1S/C24H46N4O2/c1-19(2)17-21(5)25-27-23(29)15-13-11-9-7-8-10-12-14-16-24(30)28-26-22(6)18-20(3)4/h19-20H,7-18H2,1-6H3,(H,27,29)(H,28,30). The number of nitrogens with zero attached hydrogens (tertiary/aromatic N) is 2. The van der Waals surface area contributed by atoms with Crippen LogP contribution < -0.4 is 10.9 Å². The first-order valence-corrected chi connectivity index (χ1v) is 11.8. The topological polar surface area (TPSA) is 82.9 Å². The first kappa shape index (κ1) is 28.3. The Hall–Kier alpha value is -1.72. The predicted octanol–water partition coefficient (Wildman–Crippen LogP) is 5.96. The minimum atomic E-state index is 0.0140. The zero-order valence-electron chi connectivity index (χ0n) is 20.4. The molecule has 6 nitrogen and oxygen atoms in total. The van der Waals surface area contributed by atoms with Crippen LogP contribution in [0.3, 0.4) is 0 Å². The molecule has 0 fully saturated rings. The van der Waals surface area contributed by atoms with Gasteiger partial charge in [0.25, 0.3) is 0 Å². The van der Waals surface area contributed by atoms with Crippen molar-refractivity contribution in [2.24, 2.45) is 22.0 Å². The predicted molar refractivity (Wildman–Crippen MR) is 128 cm³/mol. The van der Waals surface area contributed by atoms with Crippen molar-refractivity contribution in [2.45, 2.75) is 119 Å². The number of hydrogen-bond donors (Lipinski definition) is 2. The van der Waals surface area contributed by atoms with E-state index in [4.69, 9.17) is 0 Å². The molecule has 0 rings (SSSR count). The third-order valence-corrected chi connectivity index (χ3v) is 4.71. The Balaban J connectivity index is 3.54. The van der Waals surface area contributed by atoms with Crippen LogP contribution in [-0.2, 0) is 9.59 Å². The normalized spacial score (nSPS) is 12.5. The van der Waals surface area contributed by atoms with Gasteiger partial charge in [0.15, 0.2) is 0 Å². The lowest BCUT2D eigenvalue weighted by molar-refractivity contribution is -0.122. The lowest BCUT2D eigenvalue weighted by Gasteiger charge is -2.05. The quantitative estimate of drug-likeness (QED) is 0.172. The van der Waals surface area contributed by atoms with E-state index in [-0.39, 0.29) is 11.8 Å². The molecule has 0 bridgehead atoms. The number of nitrogens with one attached hydrogen (secondary N) is 2. The van der Waals surface area contributed by atoms with Crippen molar-refractivity contribution in [2.75, 3.05) is 0 Å². The number of amides is 2. The van der Waals surface area contributed by atoms with Crippen molar-refractivity contribution in [1.29, 1.82) is 0 Å². The fourth-order valence-corrected chi connectivity index (χ4v) is 3.33. The average Bonchev–Trinajstić information content (AvgIpc) is 2.65. The highest BCUT2D eigenvalue weighted by molar-refractivity contribution is 5.85. The Bertz CT molecular complexity index is 491. The van der Waals surface area contributed by atoms with Gasteiger partial charge in [0.1, 0.15) is 0 Å². The zero-order valence-corrected chi connectivity index (χ0v) is 20.4. The summed E-state index contributed by atoms with van der Waals surface area (Å²) in [5.74, 6) is 1.14. The molecule has 0 aromatic rings. The van der Waals surface area contributed by atoms with Gasteiger partial charge in [-0.3, -0.25) is 9.59 Å². The van der Waals surface area contributed by atoms with Gasteiger partial charge in [0, 0.05) is 24.3 Å². The van der Waals surface area contributed by atoms with Gasteiger partial charge in [-0.05, 0) is 51.4 Å². The summed E-state index contributed by atoms with van der Waals surface area (Å²) in [6, 6.07) is 0. The molecule has 0 radical (unpaired) electrons. The van der Waals surface area contributed by atoms with Crippen molar-refractivity contribution < 1.29 is 9.59 Å². The molecule has 0 saturated carbocycles. The Morgan fingerprint density at radius 1 is 0.600 bits per heavy atom. The molecule has 0 aromatic heterocycles. The highest BCUT2D eigenvalue weighted by Crippen LogP contribution is 2.11. The summed E-state index contributed by atoms with van der Waals surface area (Å²) in [7, 11) is 0. The number of hydrazone groups is 2. The summed E-state index contributed by atoms with van der Waals surface area (Å²) in [6.07, 6.45) is 11.6. The molecule has 30 heavy (non-hydrogen) atoms. The Kier molecular flexibility index (Phi) is 17.0. The van der Waals surface area contributed by atoms with Gasteiger partial charge < -0.3 is 0 Å². The highest BCUT2D eigenvalue weighted by atomic mass is 16.2. The minimum absolute atomic E-state index is 0.0140. The molecule has 0 saturated heterocycles. The first-order chi connectivity index (χ1) is 14.2. The van der Waals surface area contributed by atoms with Crippen molar-refractivity contribution in [3.05, 3.63) is 0 Å². The molecule has 0 aromatic carbocycles. The molecule has 0 spiro atoms. The second-order valence-corrected chi connectivity index (χ2v) is 9.29. The van der Waals surface area contributed by atoms with Gasteiger partial charge in [-0.15, -0.1) is 0 Å². The molecule has 0 aliphatic rings. The lowest BCUT2D eigenvalue weighted by Crippen LogP contribution is -2.19. The van der Waals surface area contributed by atoms with E-state index in [9.17, 15) is 9.59 Å². The summed E-state index contributed by atoms with van der Waals surface area (Å²) in [4.78, 5) is 23.5. The Morgan fingerprint density at radius 2 is 0.900 bits per heavy atom. The van der Waals surface area contributed by atoms with E-state index in [2.05, 4.69) is 48.7 Å². The van der Waals surface area contributed by atoms with E-state index in [0.717, 1.165) is 62.8 Å². The summed E-state index contributed by atoms with van der Waals surface area (Å²) in [6.45, 7) is 12.5. The van der Waals surface area contributed by atoms with Crippen molar-refractivity contribution in [3.63, 3.8) is 0 Å². The number of carbonyl (C=O) groups excluding carboxylic acids is 2. The molecule has 0 aliphatic carbocycles. The lowest BCUT2D eigenvalue weighted by atomic mass is 10.1. The van der Waals surface area contributed by atoms with Crippen molar-refractivity contribution in [3.8, 4) is 0 Å². The van der Waals surface area contributed by atoms with Gasteiger partial charge in [-0.25, -0.2) is 10.9 Å². The zero-order chi connectivity index (χ0) is 22.8. The molecular weight excluding hydrogens is 376 g/mol. The molecular formula is C24H46N4O2. The fourth-order valence-electron chi connectivity index (χ4n) is 3.33. The maximum atomic E-state index is 11.8. The summed E-state index contributed by atoms with van der Waals surface area (Å²) >= 11 is 0. The summed E-state index contributed by atoms with van der Waals surface area (Å²) < 4.78 is 0. The van der Waals surface area contributed by atoms with E-state index in [0.29, 0.717) is 24.7 Å². The van der Waals surface area contributed by atoms with Crippen molar-refractivity contribution in [1.82, 2.24) is 10.9 Å². The van der Waals surface area contributed by atoms with E-state index < -0.39 is 0 Å². The second kappa shape index (κ2) is 18.1. The van der Waals surface area contributed by atoms with Gasteiger partial charge in [-0.1, -0.05) is 66.2 Å². The van der Waals surface area contributed by atoms with Gasteiger partial charge >= 0.3 is 0 Å². The van der Waals surface area contributed by atoms with Crippen LogP contribution in [0.1, 0.15) is 119 Å². The maximum absolute atomic E-state index is 11.8. The van der Waals surface area contributed by atoms with Crippen molar-refractivity contribution >= 4 is 23.2 Å². The smallest absolute Gasteiger partial charge is 0.240 e. The second-order valence-electron chi connectivity index (χ2n) is 9.29. The first-order valence-electron chi connectivity index (χ1n) is 11.8. The van der Waals surface area contributed by atoms with Crippen LogP contribution in [0.2, 0.25) is 0 Å². The molecule has 6 heteroatoms. The van der Waals surface area contributed by atoms with Crippen LogP contribution in [0, 0.1) is 11.8 Å². The van der Waals surface area contributed by atoms with Gasteiger partial charge in [-0.2, -0.15) is 10.2 Å². The minimum Gasteiger partial charge on any atom is -0.273 e. The SMILES string of the molecule is CC(CC(C)C)=NNC(=O)CCCCCCCCCCC(=O)NN=C(C)CC(C)C. The van der Waals surface area contributed by atoms with E-state index >= 15 is 0 Å². The number of unbranched alkanes of at least 4 members (excludes halogenated alkanes) is 7. The summed E-state index contributed by atoms with van der Waals surface area (Å²) in [5.41, 5.74) is 7.26. The number of hydrogen-bond acceptors (Lipinski definition) is 4. The third-order valence-electron chi connectivity index (χ3n) is 4.71.